The van der Waals surface area contributed by atoms with Gasteiger partial charge in [-0.05, 0) is 12.5 Å². The molecular weight excluding hydrogens is 164 g/mol. The maximum Gasteiger partial charge on any atom is 0.306 e. The zero-order valence-electron chi connectivity index (χ0n) is 8.45. The van der Waals surface area contributed by atoms with Crippen LogP contribution in [0.15, 0.2) is 12.2 Å². The molecule has 2 heteroatoms. The SMILES string of the molecule is CCCCC=C[C@H]1OC(=O)C[C@@H]1C. The topological polar surface area (TPSA) is 26.3 Å². The first-order valence-electron chi connectivity index (χ1n) is 5.10. The number of rotatable bonds is 4. The van der Waals surface area contributed by atoms with Crippen LogP contribution in [0, 0.1) is 5.92 Å². The van der Waals surface area contributed by atoms with E-state index in [9.17, 15) is 4.79 Å². The van der Waals surface area contributed by atoms with Crippen LogP contribution in [-0.4, -0.2) is 12.1 Å². The molecule has 1 rings (SSSR count). The highest BCUT2D eigenvalue weighted by atomic mass is 16.5. The second-order valence-electron chi connectivity index (χ2n) is 3.71. The Morgan fingerprint density at radius 3 is 2.92 bits per heavy atom. The van der Waals surface area contributed by atoms with E-state index in [-0.39, 0.29) is 12.1 Å². The molecule has 0 N–H and O–H groups in total. The molecule has 0 radical (unpaired) electrons. The maximum atomic E-state index is 10.9. The van der Waals surface area contributed by atoms with E-state index in [1.54, 1.807) is 0 Å². The first kappa shape index (κ1) is 10.3. The fourth-order valence-electron chi connectivity index (χ4n) is 1.48. The highest BCUT2D eigenvalue weighted by molar-refractivity contribution is 5.72. The van der Waals surface area contributed by atoms with Gasteiger partial charge in [0.15, 0.2) is 0 Å². The summed E-state index contributed by atoms with van der Waals surface area (Å²) in [4.78, 5) is 10.9. The number of hydrogen-bond acceptors (Lipinski definition) is 2. The largest absolute Gasteiger partial charge is 0.458 e. The third-order valence-corrected chi connectivity index (χ3v) is 2.37. The number of ether oxygens (including phenoxy) is 1. The summed E-state index contributed by atoms with van der Waals surface area (Å²) in [5.41, 5.74) is 0. The first-order chi connectivity index (χ1) is 6.24. The number of carbonyl (C=O) groups excluding carboxylic acids is 1. The Morgan fingerprint density at radius 1 is 1.62 bits per heavy atom. The average molecular weight is 182 g/mol. The van der Waals surface area contributed by atoms with Crippen LogP contribution in [0.3, 0.4) is 0 Å². The lowest BCUT2D eigenvalue weighted by molar-refractivity contribution is -0.140. The van der Waals surface area contributed by atoms with E-state index in [4.69, 9.17) is 4.74 Å². The second kappa shape index (κ2) is 5.05. The molecule has 1 fully saturated rings. The summed E-state index contributed by atoms with van der Waals surface area (Å²) in [5.74, 6) is 0.294. The van der Waals surface area contributed by atoms with Crippen molar-refractivity contribution in [2.24, 2.45) is 5.92 Å². The van der Waals surface area contributed by atoms with Gasteiger partial charge in [0.1, 0.15) is 6.10 Å². The van der Waals surface area contributed by atoms with Gasteiger partial charge >= 0.3 is 5.97 Å². The van der Waals surface area contributed by atoms with E-state index in [0.29, 0.717) is 12.3 Å². The monoisotopic (exact) mass is 182 g/mol. The molecule has 1 aliphatic rings. The van der Waals surface area contributed by atoms with Crippen LogP contribution >= 0.6 is 0 Å². The van der Waals surface area contributed by atoms with Gasteiger partial charge in [0, 0.05) is 5.92 Å². The molecule has 0 spiro atoms. The molecule has 0 amide bonds. The van der Waals surface area contributed by atoms with E-state index >= 15 is 0 Å². The Hall–Kier alpha value is -0.790. The molecule has 0 bridgehead atoms. The summed E-state index contributed by atoms with van der Waals surface area (Å²) in [5, 5.41) is 0. The van der Waals surface area contributed by atoms with Crippen LogP contribution in [0.25, 0.3) is 0 Å². The predicted octanol–water partition coefficient (Wildman–Crippen LogP) is 2.68. The van der Waals surface area contributed by atoms with Crippen LogP contribution in [0.1, 0.15) is 39.5 Å². The fraction of sp³-hybridized carbons (Fsp3) is 0.727. The molecule has 2 nitrogen and oxygen atoms in total. The van der Waals surface area contributed by atoms with Gasteiger partial charge in [-0.25, -0.2) is 0 Å². The number of cyclic esters (lactones) is 1. The normalized spacial score (nSPS) is 28.3. The van der Waals surface area contributed by atoms with Crippen molar-refractivity contribution in [3.05, 3.63) is 12.2 Å². The lowest BCUT2D eigenvalue weighted by Crippen LogP contribution is -2.09. The van der Waals surface area contributed by atoms with Gasteiger partial charge in [-0.2, -0.15) is 0 Å². The van der Waals surface area contributed by atoms with Crippen molar-refractivity contribution in [3.63, 3.8) is 0 Å². The molecule has 1 aliphatic heterocycles. The lowest BCUT2D eigenvalue weighted by Gasteiger charge is -2.07. The van der Waals surface area contributed by atoms with Crippen LogP contribution in [0.2, 0.25) is 0 Å². The van der Waals surface area contributed by atoms with E-state index in [1.165, 1.54) is 12.8 Å². The minimum Gasteiger partial charge on any atom is -0.458 e. The highest BCUT2D eigenvalue weighted by Crippen LogP contribution is 2.22. The summed E-state index contributed by atoms with van der Waals surface area (Å²) in [6, 6.07) is 0. The van der Waals surface area contributed by atoms with Crippen molar-refractivity contribution < 1.29 is 9.53 Å². The molecule has 13 heavy (non-hydrogen) atoms. The summed E-state index contributed by atoms with van der Waals surface area (Å²) in [6.45, 7) is 4.23. The molecule has 0 aromatic carbocycles. The second-order valence-corrected chi connectivity index (χ2v) is 3.71. The van der Waals surface area contributed by atoms with Crippen LogP contribution in [0.5, 0.6) is 0 Å². The summed E-state index contributed by atoms with van der Waals surface area (Å²) >= 11 is 0. The minimum atomic E-state index is -0.0577. The number of hydrogen-bond donors (Lipinski definition) is 0. The van der Waals surface area contributed by atoms with Crippen molar-refractivity contribution in [2.45, 2.75) is 45.6 Å². The van der Waals surface area contributed by atoms with Crippen molar-refractivity contribution in [1.29, 1.82) is 0 Å². The Bertz CT molecular complexity index is 196. The summed E-state index contributed by atoms with van der Waals surface area (Å²) < 4.78 is 5.13. The first-order valence-corrected chi connectivity index (χ1v) is 5.10. The van der Waals surface area contributed by atoms with Crippen molar-refractivity contribution in [1.82, 2.24) is 0 Å². The van der Waals surface area contributed by atoms with Gasteiger partial charge in [-0.1, -0.05) is 32.8 Å². The quantitative estimate of drug-likeness (QED) is 0.379. The lowest BCUT2D eigenvalue weighted by atomic mass is 10.0. The van der Waals surface area contributed by atoms with Crippen LogP contribution in [0.4, 0.5) is 0 Å². The Kier molecular flexibility index (Phi) is 4.00. The van der Waals surface area contributed by atoms with Gasteiger partial charge in [0.2, 0.25) is 0 Å². The number of unbranched alkanes of at least 4 members (excludes halogenated alkanes) is 2. The molecule has 74 valence electrons. The van der Waals surface area contributed by atoms with Gasteiger partial charge in [-0.15, -0.1) is 0 Å². The molecule has 0 aromatic heterocycles. The zero-order chi connectivity index (χ0) is 9.68. The van der Waals surface area contributed by atoms with Gasteiger partial charge in [-0.3, -0.25) is 4.79 Å². The minimum absolute atomic E-state index is 0.0318. The molecular formula is C11H18O2. The molecule has 1 saturated heterocycles. The maximum absolute atomic E-state index is 10.9. The molecule has 2 atom stereocenters. The summed E-state index contributed by atoms with van der Waals surface area (Å²) in [7, 11) is 0. The Morgan fingerprint density at radius 2 is 2.38 bits per heavy atom. The van der Waals surface area contributed by atoms with Crippen LogP contribution < -0.4 is 0 Å². The van der Waals surface area contributed by atoms with Gasteiger partial charge in [0.25, 0.3) is 0 Å². The highest BCUT2D eigenvalue weighted by Gasteiger charge is 2.28. The van der Waals surface area contributed by atoms with E-state index in [1.807, 2.05) is 6.08 Å². The molecule has 0 unspecified atom stereocenters. The standard InChI is InChI=1S/C11H18O2/c1-3-4-5-6-7-10-9(2)8-11(12)13-10/h6-7,9-10H,3-5,8H2,1-2H3/t9-,10+/m0/s1. The third-order valence-electron chi connectivity index (χ3n) is 2.37. The molecule has 0 aliphatic carbocycles. The number of carbonyl (C=O) groups is 1. The summed E-state index contributed by atoms with van der Waals surface area (Å²) in [6.07, 6.45) is 8.29. The Balaban J connectivity index is 2.28. The van der Waals surface area contributed by atoms with E-state index in [2.05, 4.69) is 19.9 Å². The third kappa shape index (κ3) is 3.21. The predicted molar refractivity (Wildman–Crippen MR) is 52.3 cm³/mol. The average Bonchev–Trinajstić information content (AvgIpc) is 2.39. The van der Waals surface area contributed by atoms with Crippen molar-refractivity contribution in [3.8, 4) is 0 Å². The van der Waals surface area contributed by atoms with Gasteiger partial charge in [0.05, 0.1) is 6.42 Å². The van der Waals surface area contributed by atoms with Gasteiger partial charge < -0.3 is 4.74 Å². The smallest absolute Gasteiger partial charge is 0.306 e. The van der Waals surface area contributed by atoms with Crippen LogP contribution in [-0.2, 0) is 9.53 Å². The Labute approximate surface area is 80.0 Å². The molecule has 1 heterocycles. The number of allylic oxidation sites excluding steroid dienone is 1. The van der Waals surface area contributed by atoms with E-state index in [0.717, 1.165) is 6.42 Å². The van der Waals surface area contributed by atoms with Crippen molar-refractivity contribution in [2.75, 3.05) is 0 Å². The number of esters is 1. The zero-order valence-corrected chi connectivity index (χ0v) is 8.45. The molecule has 0 aromatic rings. The van der Waals surface area contributed by atoms with E-state index < -0.39 is 0 Å². The van der Waals surface area contributed by atoms with Crippen molar-refractivity contribution >= 4 is 5.97 Å². The molecule has 0 saturated carbocycles. The fourth-order valence-corrected chi connectivity index (χ4v) is 1.48.